The van der Waals surface area contributed by atoms with Crippen molar-refractivity contribution >= 4 is 17.7 Å². The molecule has 2 heterocycles. The van der Waals surface area contributed by atoms with Gasteiger partial charge >= 0.3 is 0 Å². The molecule has 6 nitrogen and oxygen atoms in total. The Balaban J connectivity index is 1.54. The topological polar surface area (TPSA) is 79.6 Å². The first-order valence-corrected chi connectivity index (χ1v) is 9.34. The van der Waals surface area contributed by atoms with E-state index >= 15 is 0 Å². The summed E-state index contributed by atoms with van der Waals surface area (Å²) in [6, 6.07) is 15.6. The first kappa shape index (κ1) is 18.7. The second kappa shape index (κ2) is 7.39. The molecule has 0 bridgehead atoms. The van der Waals surface area contributed by atoms with E-state index in [1.807, 2.05) is 38.1 Å². The van der Waals surface area contributed by atoms with Crippen LogP contribution < -0.4 is 5.32 Å². The summed E-state index contributed by atoms with van der Waals surface area (Å²) in [5, 5.41) is 2.95. The number of fused-ring (bicyclic) bond motifs is 1. The van der Waals surface area contributed by atoms with Gasteiger partial charge in [0.2, 0.25) is 0 Å². The van der Waals surface area contributed by atoms with Gasteiger partial charge in [0.05, 0.1) is 30.0 Å². The summed E-state index contributed by atoms with van der Waals surface area (Å²) in [6.07, 6.45) is 1.49. The normalized spacial score (nSPS) is 14.1. The van der Waals surface area contributed by atoms with Crippen LogP contribution in [0.3, 0.4) is 0 Å². The van der Waals surface area contributed by atoms with Crippen LogP contribution in [0.25, 0.3) is 0 Å². The number of benzene rings is 2. The minimum absolute atomic E-state index is 0.0607. The molecule has 29 heavy (non-hydrogen) atoms. The van der Waals surface area contributed by atoms with Gasteiger partial charge in [-0.2, -0.15) is 0 Å². The van der Waals surface area contributed by atoms with E-state index in [4.69, 9.17) is 4.42 Å². The van der Waals surface area contributed by atoms with Crippen LogP contribution in [-0.4, -0.2) is 22.6 Å². The molecule has 1 unspecified atom stereocenters. The molecule has 146 valence electrons. The standard InChI is InChI=1S/C23H20N2O4/c1-14-6-3-4-8-18(14)15(2)24-21(26)16-9-10-19-20(12-16)23(28)25(22(19)27)13-17-7-5-11-29-17/h3-12,15H,13H2,1-2H3,(H,24,26). The molecule has 2 aromatic carbocycles. The number of furan rings is 1. The molecule has 0 fully saturated rings. The Morgan fingerprint density at radius 2 is 1.79 bits per heavy atom. The van der Waals surface area contributed by atoms with Gasteiger partial charge in [0.25, 0.3) is 17.7 Å². The predicted octanol–water partition coefficient (Wildman–Crippen LogP) is 3.88. The maximum absolute atomic E-state index is 12.7. The van der Waals surface area contributed by atoms with Crippen molar-refractivity contribution in [1.29, 1.82) is 0 Å². The van der Waals surface area contributed by atoms with Crippen molar-refractivity contribution in [3.8, 4) is 0 Å². The lowest BCUT2D eigenvalue weighted by Gasteiger charge is -2.16. The number of amides is 3. The lowest BCUT2D eigenvalue weighted by atomic mass is 10.0. The lowest BCUT2D eigenvalue weighted by Crippen LogP contribution is -2.29. The molecule has 1 N–H and O–H groups in total. The van der Waals surface area contributed by atoms with E-state index in [0.29, 0.717) is 16.9 Å². The third kappa shape index (κ3) is 3.45. The first-order chi connectivity index (χ1) is 14.0. The summed E-state index contributed by atoms with van der Waals surface area (Å²) >= 11 is 0. The molecule has 0 saturated heterocycles. The Morgan fingerprint density at radius 3 is 2.52 bits per heavy atom. The summed E-state index contributed by atoms with van der Waals surface area (Å²) < 4.78 is 5.24. The molecule has 3 amide bonds. The van der Waals surface area contributed by atoms with Crippen LogP contribution in [0.15, 0.2) is 65.3 Å². The third-order valence-electron chi connectivity index (χ3n) is 5.13. The van der Waals surface area contributed by atoms with Crippen molar-refractivity contribution in [1.82, 2.24) is 10.2 Å². The highest BCUT2D eigenvalue weighted by Gasteiger charge is 2.36. The Morgan fingerprint density at radius 1 is 1.03 bits per heavy atom. The molecular weight excluding hydrogens is 368 g/mol. The molecule has 0 radical (unpaired) electrons. The Labute approximate surface area is 168 Å². The Bertz CT molecular complexity index is 1100. The maximum Gasteiger partial charge on any atom is 0.261 e. The van der Waals surface area contributed by atoms with E-state index in [9.17, 15) is 14.4 Å². The highest BCUT2D eigenvalue weighted by Crippen LogP contribution is 2.26. The minimum Gasteiger partial charge on any atom is -0.467 e. The van der Waals surface area contributed by atoms with Crippen molar-refractivity contribution in [3.05, 3.63) is 94.4 Å². The fourth-order valence-electron chi connectivity index (χ4n) is 3.56. The molecule has 1 aromatic heterocycles. The van der Waals surface area contributed by atoms with Gasteiger partial charge in [-0.05, 0) is 55.3 Å². The zero-order valence-electron chi connectivity index (χ0n) is 16.1. The number of imide groups is 1. The van der Waals surface area contributed by atoms with Crippen LogP contribution in [0.2, 0.25) is 0 Å². The largest absolute Gasteiger partial charge is 0.467 e. The highest BCUT2D eigenvalue weighted by atomic mass is 16.3. The van der Waals surface area contributed by atoms with E-state index in [2.05, 4.69) is 5.32 Å². The zero-order valence-corrected chi connectivity index (χ0v) is 16.1. The predicted molar refractivity (Wildman–Crippen MR) is 106 cm³/mol. The molecular formula is C23H20N2O4. The Kier molecular flexibility index (Phi) is 4.76. The maximum atomic E-state index is 12.7. The fourth-order valence-corrected chi connectivity index (χ4v) is 3.56. The third-order valence-corrected chi connectivity index (χ3v) is 5.13. The number of nitrogens with zero attached hydrogens (tertiary/aromatic N) is 1. The highest BCUT2D eigenvalue weighted by molar-refractivity contribution is 6.22. The molecule has 0 spiro atoms. The van der Waals surface area contributed by atoms with E-state index in [1.54, 1.807) is 18.2 Å². The summed E-state index contributed by atoms with van der Waals surface area (Å²) in [5.41, 5.74) is 2.98. The molecule has 0 aliphatic carbocycles. The van der Waals surface area contributed by atoms with Crippen LogP contribution in [0.1, 0.15) is 60.9 Å². The van der Waals surface area contributed by atoms with Crippen LogP contribution in [0.5, 0.6) is 0 Å². The van der Waals surface area contributed by atoms with Gasteiger partial charge in [-0.3, -0.25) is 19.3 Å². The first-order valence-electron chi connectivity index (χ1n) is 9.34. The second-order valence-electron chi connectivity index (χ2n) is 7.09. The molecule has 6 heteroatoms. The minimum atomic E-state index is -0.428. The second-order valence-corrected chi connectivity index (χ2v) is 7.09. The van der Waals surface area contributed by atoms with Gasteiger partial charge < -0.3 is 9.73 Å². The molecule has 3 aromatic rings. The molecule has 0 saturated carbocycles. The van der Waals surface area contributed by atoms with Gasteiger partial charge in [-0.25, -0.2) is 0 Å². The molecule has 4 rings (SSSR count). The number of hydrogen-bond acceptors (Lipinski definition) is 4. The average Bonchev–Trinajstić information content (AvgIpc) is 3.31. The number of carbonyl (C=O) groups excluding carboxylic acids is 3. The number of aryl methyl sites for hydroxylation is 1. The van der Waals surface area contributed by atoms with E-state index < -0.39 is 5.91 Å². The van der Waals surface area contributed by atoms with Crippen LogP contribution in [-0.2, 0) is 6.54 Å². The molecule has 1 aliphatic heterocycles. The van der Waals surface area contributed by atoms with Crippen molar-refractivity contribution in [2.75, 3.05) is 0 Å². The van der Waals surface area contributed by atoms with E-state index in [0.717, 1.165) is 16.0 Å². The SMILES string of the molecule is Cc1ccccc1C(C)NC(=O)c1ccc2c(c1)C(=O)N(Cc1ccco1)C2=O. The number of hydrogen-bond donors (Lipinski definition) is 1. The molecule has 1 aliphatic rings. The van der Waals surface area contributed by atoms with E-state index in [-0.39, 0.29) is 30.0 Å². The Hall–Kier alpha value is -3.67. The summed E-state index contributed by atoms with van der Waals surface area (Å²) in [7, 11) is 0. The van der Waals surface area contributed by atoms with E-state index in [1.165, 1.54) is 18.4 Å². The van der Waals surface area contributed by atoms with Crippen molar-refractivity contribution in [2.24, 2.45) is 0 Å². The van der Waals surface area contributed by atoms with Gasteiger partial charge in [0.1, 0.15) is 5.76 Å². The number of carbonyl (C=O) groups is 3. The average molecular weight is 388 g/mol. The fraction of sp³-hybridized carbons (Fsp3) is 0.174. The van der Waals surface area contributed by atoms with Crippen molar-refractivity contribution in [3.63, 3.8) is 0 Å². The van der Waals surface area contributed by atoms with Crippen molar-refractivity contribution in [2.45, 2.75) is 26.4 Å². The molecule has 1 atom stereocenters. The number of nitrogens with one attached hydrogen (secondary N) is 1. The quantitative estimate of drug-likeness (QED) is 0.673. The van der Waals surface area contributed by atoms with Crippen molar-refractivity contribution < 1.29 is 18.8 Å². The monoisotopic (exact) mass is 388 g/mol. The smallest absolute Gasteiger partial charge is 0.261 e. The van der Waals surface area contributed by atoms with Crippen LogP contribution in [0.4, 0.5) is 0 Å². The lowest BCUT2D eigenvalue weighted by molar-refractivity contribution is 0.0631. The summed E-state index contributed by atoms with van der Waals surface area (Å²) in [4.78, 5) is 39.2. The van der Waals surface area contributed by atoms with Gasteiger partial charge in [0.15, 0.2) is 0 Å². The zero-order chi connectivity index (χ0) is 20.5. The van der Waals surface area contributed by atoms with Gasteiger partial charge in [-0.15, -0.1) is 0 Å². The van der Waals surface area contributed by atoms with Crippen LogP contribution in [0, 0.1) is 6.92 Å². The van der Waals surface area contributed by atoms with Gasteiger partial charge in [-0.1, -0.05) is 24.3 Å². The summed E-state index contributed by atoms with van der Waals surface area (Å²) in [6.45, 7) is 3.96. The number of rotatable bonds is 5. The van der Waals surface area contributed by atoms with Crippen LogP contribution >= 0.6 is 0 Å². The van der Waals surface area contributed by atoms with Gasteiger partial charge in [0, 0.05) is 5.56 Å². The summed E-state index contributed by atoms with van der Waals surface area (Å²) in [5.74, 6) is -0.595.